The van der Waals surface area contributed by atoms with Crippen molar-refractivity contribution >= 4 is 21.8 Å². The predicted octanol–water partition coefficient (Wildman–Crippen LogP) is 2.69. The van der Waals surface area contributed by atoms with E-state index < -0.39 is 6.29 Å². The molecule has 1 aliphatic rings. The molecule has 0 spiro atoms. The van der Waals surface area contributed by atoms with Gasteiger partial charge in [-0.1, -0.05) is 21.1 Å². The van der Waals surface area contributed by atoms with Crippen molar-refractivity contribution in [1.29, 1.82) is 0 Å². The second-order valence-corrected chi connectivity index (χ2v) is 6.93. The number of rotatable bonds is 8. The molecule has 2 heterocycles. The standard InChI is InChI=1S/C18H23BrN4O4/c1-3-25-17(26-4-2)11-23-10-15(21-22-23)18(24)20-14-7-8-27-16-6-5-12(19)9-13(14)16/h5-6,9-10,14,17H,3-4,7-8,11H2,1-2H3,(H,20,24). The summed E-state index contributed by atoms with van der Waals surface area (Å²) in [4.78, 5) is 12.6. The number of aromatic nitrogens is 3. The summed E-state index contributed by atoms with van der Waals surface area (Å²) in [6.07, 6.45) is 1.87. The summed E-state index contributed by atoms with van der Waals surface area (Å²) < 4.78 is 19.1. The maximum atomic E-state index is 12.6. The SMILES string of the molecule is CCOC(Cn1cc(C(=O)NC2CCOc3ccc(Br)cc32)nn1)OCC. The highest BCUT2D eigenvalue weighted by Crippen LogP contribution is 2.34. The number of nitrogens with zero attached hydrogens (tertiary/aromatic N) is 3. The van der Waals surface area contributed by atoms with Gasteiger partial charge in [0.2, 0.25) is 0 Å². The van der Waals surface area contributed by atoms with E-state index in [0.29, 0.717) is 32.8 Å². The van der Waals surface area contributed by atoms with Gasteiger partial charge in [0.1, 0.15) is 5.75 Å². The highest BCUT2D eigenvalue weighted by atomic mass is 79.9. The van der Waals surface area contributed by atoms with Gasteiger partial charge in [-0.25, -0.2) is 4.68 Å². The van der Waals surface area contributed by atoms with Crippen molar-refractivity contribution in [2.75, 3.05) is 19.8 Å². The maximum absolute atomic E-state index is 12.6. The van der Waals surface area contributed by atoms with Gasteiger partial charge in [0.25, 0.3) is 5.91 Å². The minimum Gasteiger partial charge on any atom is -0.493 e. The lowest BCUT2D eigenvalue weighted by Crippen LogP contribution is -2.32. The number of nitrogens with one attached hydrogen (secondary N) is 1. The van der Waals surface area contributed by atoms with Crippen molar-refractivity contribution in [3.8, 4) is 5.75 Å². The third kappa shape index (κ3) is 5.06. The zero-order chi connectivity index (χ0) is 19.2. The summed E-state index contributed by atoms with van der Waals surface area (Å²) in [5, 5.41) is 11.0. The van der Waals surface area contributed by atoms with Gasteiger partial charge < -0.3 is 19.5 Å². The average molecular weight is 439 g/mol. The molecule has 0 radical (unpaired) electrons. The van der Waals surface area contributed by atoms with E-state index in [-0.39, 0.29) is 17.6 Å². The lowest BCUT2D eigenvalue weighted by molar-refractivity contribution is -0.145. The van der Waals surface area contributed by atoms with Crippen LogP contribution in [-0.4, -0.2) is 47.0 Å². The van der Waals surface area contributed by atoms with E-state index in [0.717, 1.165) is 15.8 Å². The minimum absolute atomic E-state index is 0.136. The Balaban J connectivity index is 1.66. The van der Waals surface area contributed by atoms with E-state index in [1.165, 1.54) is 0 Å². The first kappa shape index (κ1) is 19.8. The number of hydrogen-bond acceptors (Lipinski definition) is 6. The minimum atomic E-state index is -0.419. The fourth-order valence-electron chi connectivity index (χ4n) is 2.92. The van der Waals surface area contributed by atoms with Crippen LogP contribution in [0.1, 0.15) is 42.4 Å². The molecule has 1 N–H and O–H groups in total. The van der Waals surface area contributed by atoms with Gasteiger partial charge >= 0.3 is 0 Å². The molecule has 1 amide bonds. The number of fused-ring (bicyclic) bond motifs is 1. The third-order valence-electron chi connectivity index (χ3n) is 4.13. The van der Waals surface area contributed by atoms with Crippen LogP contribution in [0.4, 0.5) is 0 Å². The van der Waals surface area contributed by atoms with Crippen LogP contribution in [0, 0.1) is 0 Å². The summed E-state index contributed by atoms with van der Waals surface area (Å²) >= 11 is 3.46. The van der Waals surface area contributed by atoms with E-state index in [4.69, 9.17) is 14.2 Å². The van der Waals surface area contributed by atoms with Crippen LogP contribution < -0.4 is 10.1 Å². The van der Waals surface area contributed by atoms with E-state index in [9.17, 15) is 4.79 Å². The second kappa shape index (κ2) is 9.29. The van der Waals surface area contributed by atoms with Gasteiger partial charge in [0, 0.05) is 29.7 Å². The Morgan fingerprint density at radius 1 is 1.41 bits per heavy atom. The van der Waals surface area contributed by atoms with Gasteiger partial charge in [0.05, 0.1) is 25.4 Å². The Bertz CT molecular complexity index is 776. The topological polar surface area (TPSA) is 87.5 Å². The summed E-state index contributed by atoms with van der Waals surface area (Å²) in [6, 6.07) is 5.64. The second-order valence-electron chi connectivity index (χ2n) is 6.01. The van der Waals surface area contributed by atoms with Crippen LogP contribution in [0.5, 0.6) is 5.75 Å². The molecule has 27 heavy (non-hydrogen) atoms. The molecule has 2 aromatic rings. The van der Waals surface area contributed by atoms with Gasteiger partial charge in [-0.15, -0.1) is 5.10 Å². The van der Waals surface area contributed by atoms with E-state index >= 15 is 0 Å². The van der Waals surface area contributed by atoms with Crippen molar-refractivity contribution in [2.24, 2.45) is 0 Å². The molecular weight excluding hydrogens is 416 g/mol. The van der Waals surface area contributed by atoms with Crippen LogP contribution in [0.3, 0.4) is 0 Å². The Morgan fingerprint density at radius 2 is 2.19 bits per heavy atom. The van der Waals surface area contributed by atoms with E-state index in [2.05, 4.69) is 31.6 Å². The first-order chi connectivity index (χ1) is 13.1. The summed E-state index contributed by atoms with van der Waals surface area (Å²) in [6.45, 7) is 5.79. The zero-order valence-corrected chi connectivity index (χ0v) is 16.9. The van der Waals surface area contributed by atoms with Crippen LogP contribution in [0.2, 0.25) is 0 Å². The number of ether oxygens (including phenoxy) is 3. The molecule has 0 bridgehead atoms. The quantitative estimate of drug-likeness (QED) is 0.637. The van der Waals surface area contributed by atoms with E-state index in [1.54, 1.807) is 10.9 Å². The fourth-order valence-corrected chi connectivity index (χ4v) is 3.30. The molecule has 0 saturated heterocycles. The molecule has 3 rings (SSSR count). The number of amides is 1. The van der Waals surface area contributed by atoms with Gasteiger partial charge in [-0.2, -0.15) is 0 Å². The van der Waals surface area contributed by atoms with E-state index in [1.807, 2.05) is 32.0 Å². The molecular formula is C18H23BrN4O4. The summed E-state index contributed by atoms with van der Waals surface area (Å²) in [5.41, 5.74) is 1.20. The van der Waals surface area contributed by atoms with Crippen molar-refractivity contribution < 1.29 is 19.0 Å². The van der Waals surface area contributed by atoms with Crippen LogP contribution >= 0.6 is 15.9 Å². The lowest BCUT2D eigenvalue weighted by Gasteiger charge is -2.26. The van der Waals surface area contributed by atoms with Crippen LogP contribution in [0.25, 0.3) is 0 Å². The lowest BCUT2D eigenvalue weighted by atomic mass is 10.0. The molecule has 9 heteroatoms. The smallest absolute Gasteiger partial charge is 0.273 e. The molecule has 0 saturated carbocycles. The molecule has 0 aliphatic carbocycles. The fraction of sp³-hybridized carbons (Fsp3) is 0.500. The predicted molar refractivity (Wildman–Crippen MR) is 102 cm³/mol. The highest BCUT2D eigenvalue weighted by Gasteiger charge is 2.25. The molecule has 146 valence electrons. The van der Waals surface area contributed by atoms with Crippen LogP contribution in [-0.2, 0) is 16.0 Å². The number of halogens is 1. The highest BCUT2D eigenvalue weighted by molar-refractivity contribution is 9.10. The monoisotopic (exact) mass is 438 g/mol. The van der Waals surface area contributed by atoms with Crippen LogP contribution in [0.15, 0.2) is 28.9 Å². The Hall–Kier alpha value is -1.97. The Morgan fingerprint density at radius 3 is 2.93 bits per heavy atom. The molecule has 1 aromatic heterocycles. The van der Waals surface area contributed by atoms with Gasteiger partial charge in [0.15, 0.2) is 12.0 Å². The Kier molecular flexibility index (Phi) is 6.81. The molecule has 8 nitrogen and oxygen atoms in total. The van der Waals surface area contributed by atoms with Crippen molar-refractivity contribution in [3.63, 3.8) is 0 Å². The molecule has 1 unspecified atom stereocenters. The van der Waals surface area contributed by atoms with Crippen molar-refractivity contribution in [1.82, 2.24) is 20.3 Å². The average Bonchev–Trinajstić information content (AvgIpc) is 3.11. The third-order valence-corrected chi connectivity index (χ3v) is 4.62. The summed E-state index contributed by atoms with van der Waals surface area (Å²) in [5.74, 6) is 0.512. The Labute approximate surface area is 166 Å². The molecule has 1 aromatic carbocycles. The zero-order valence-electron chi connectivity index (χ0n) is 15.4. The van der Waals surface area contributed by atoms with Gasteiger partial charge in [-0.3, -0.25) is 4.79 Å². The molecule has 1 atom stereocenters. The molecule has 1 aliphatic heterocycles. The number of carbonyl (C=O) groups excluding carboxylic acids is 1. The van der Waals surface area contributed by atoms with Gasteiger partial charge in [-0.05, 0) is 32.0 Å². The van der Waals surface area contributed by atoms with Crippen molar-refractivity contribution in [2.45, 2.75) is 39.1 Å². The maximum Gasteiger partial charge on any atom is 0.273 e. The number of carbonyl (C=O) groups is 1. The van der Waals surface area contributed by atoms with Crippen molar-refractivity contribution in [3.05, 3.63) is 40.1 Å². The number of hydrogen-bond donors (Lipinski definition) is 1. The first-order valence-electron chi connectivity index (χ1n) is 8.97. The normalized spacial score (nSPS) is 16.1. The number of benzene rings is 1. The molecule has 0 fully saturated rings. The largest absolute Gasteiger partial charge is 0.493 e. The summed E-state index contributed by atoms with van der Waals surface area (Å²) in [7, 11) is 0. The first-order valence-corrected chi connectivity index (χ1v) is 9.76.